The van der Waals surface area contributed by atoms with E-state index in [4.69, 9.17) is 0 Å². The molecule has 17 heavy (non-hydrogen) atoms. The number of ketones is 1. The lowest BCUT2D eigenvalue weighted by molar-refractivity contribution is -0.267. The number of para-hydroxylation sites is 2. The minimum atomic E-state index is -0.214. The molecule has 0 spiro atoms. The Kier molecular flexibility index (Phi) is 3.31. The van der Waals surface area contributed by atoms with Crippen molar-refractivity contribution in [3.63, 3.8) is 0 Å². The Bertz CT molecular complexity index is 547. The number of carbonyl (C=O) groups excluding carboxylic acids is 1. The number of hydrogen-bond donors (Lipinski definition) is 0. The summed E-state index contributed by atoms with van der Waals surface area (Å²) < 4.78 is 0. The highest BCUT2D eigenvalue weighted by molar-refractivity contribution is 6.35. The van der Waals surface area contributed by atoms with Crippen LogP contribution in [0.5, 0.6) is 5.75 Å². The normalized spacial score (nSPS) is 10.6. The van der Waals surface area contributed by atoms with E-state index in [2.05, 4.69) is 4.99 Å². The molecule has 2 aromatic carbocycles. The summed E-state index contributed by atoms with van der Waals surface area (Å²) in [6.45, 7) is 0. The van der Waals surface area contributed by atoms with Crippen LogP contribution in [0, 0.1) is 0 Å². The largest absolute Gasteiger partial charge is 0.871 e. The summed E-state index contributed by atoms with van der Waals surface area (Å²) in [5.41, 5.74) is 0.830. The molecule has 0 saturated heterocycles. The van der Waals surface area contributed by atoms with Gasteiger partial charge in [-0.1, -0.05) is 54.3 Å². The van der Waals surface area contributed by atoms with E-state index in [0.717, 1.165) is 0 Å². The number of carbonyl (C=O) groups is 1. The SMILES string of the molecule is O=C(C=Nc1ccccc1[O-])c1ccccc1. The molecule has 0 atom stereocenters. The molecule has 0 radical (unpaired) electrons. The van der Waals surface area contributed by atoms with Crippen LogP contribution in [0.4, 0.5) is 5.69 Å². The topological polar surface area (TPSA) is 52.5 Å². The summed E-state index contributed by atoms with van der Waals surface area (Å²) >= 11 is 0. The van der Waals surface area contributed by atoms with Crippen molar-refractivity contribution in [2.45, 2.75) is 0 Å². The summed E-state index contributed by atoms with van der Waals surface area (Å²) in [6, 6.07) is 15.2. The van der Waals surface area contributed by atoms with Gasteiger partial charge in [-0.15, -0.1) is 0 Å². The summed E-state index contributed by atoms with van der Waals surface area (Å²) in [6.07, 6.45) is 1.17. The van der Waals surface area contributed by atoms with Crippen molar-refractivity contribution in [1.29, 1.82) is 0 Å². The number of hydrogen-bond acceptors (Lipinski definition) is 3. The number of rotatable bonds is 3. The van der Waals surface area contributed by atoms with E-state index in [1.165, 1.54) is 12.3 Å². The van der Waals surface area contributed by atoms with Gasteiger partial charge in [0.15, 0.2) is 0 Å². The third-order valence-electron chi connectivity index (χ3n) is 2.24. The van der Waals surface area contributed by atoms with Gasteiger partial charge in [-0.05, 0) is 6.07 Å². The van der Waals surface area contributed by atoms with Crippen LogP contribution in [-0.2, 0) is 0 Å². The lowest BCUT2D eigenvalue weighted by Gasteiger charge is -2.07. The first-order valence-corrected chi connectivity index (χ1v) is 5.17. The Morgan fingerprint density at radius 1 is 1.00 bits per heavy atom. The maximum atomic E-state index is 11.7. The van der Waals surface area contributed by atoms with Crippen molar-refractivity contribution >= 4 is 17.7 Å². The van der Waals surface area contributed by atoms with E-state index >= 15 is 0 Å². The third-order valence-corrected chi connectivity index (χ3v) is 2.24. The average molecular weight is 224 g/mol. The predicted octanol–water partition coefficient (Wildman–Crippen LogP) is 2.35. The van der Waals surface area contributed by atoms with Crippen LogP contribution in [0.3, 0.4) is 0 Å². The molecular weight excluding hydrogens is 214 g/mol. The molecule has 84 valence electrons. The number of aliphatic imine (C=N–C) groups is 1. The highest BCUT2D eigenvalue weighted by atomic mass is 16.3. The second kappa shape index (κ2) is 5.07. The van der Waals surface area contributed by atoms with Gasteiger partial charge in [0, 0.05) is 5.56 Å². The van der Waals surface area contributed by atoms with E-state index in [0.29, 0.717) is 5.56 Å². The van der Waals surface area contributed by atoms with Gasteiger partial charge in [-0.2, -0.15) is 0 Å². The van der Waals surface area contributed by atoms with Gasteiger partial charge >= 0.3 is 0 Å². The molecule has 3 heteroatoms. The minimum absolute atomic E-state index is 0.190. The molecule has 0 heterocycles. The first-order chi connectivity index (χ1) is 8.27. The van der Waals surface area contributed by atoms with E-state index in [9.17, 15) is 9.90 Å². The predicted molar refractivity (Wildman–Crippen MR) is 64.8 cm³/mol. The third kappa shape index (κ3) is 2.78. The summed E-state index contributed by atoms with van der Waals surface area (Å²) in [4.78, 5) is 15.6. The Hall–Kier alpha value is -2.42. The van der Waals surface area contributed by atoms with Crippen molar-refractivity contribution in [2.75, 3.05) is 0 Å². The lowest BCUT2D eigenvalue weighted by Crippen LogP contribution is -1.99. The van der Waals surface area contributed by atoms with Gasteiger partial charge < -0.3 is 5.11 Å². The second-order valence-corrected chi connectivity index (χ2v) is 3.46. The molecule has 2 rings (SSSR count). The van der Waals surface area contributed by atoms with E-state index < -0.39 is 0 Å². The van der Waals surface area contributed by atoms with Gasteiger partial charge in [-0.3, -0.25) is 9.79 Å². The fourth-order valence-corrected chi connectivity index (χ4v) is 1.37. The van der Waals surface area contributed by atoms with E-state index in [1.54, 1.807) is 42.5 Å². The summed E-state index contributed by atoms with van der Waals surface area (Å²) in [7, 11) is 0. The molecule has 0 aliphatic carbocycles. The van der Waals surface area contributed by atoms with E-state index in [-0.39, 0.29) is 17.2 Å². The van der Waals surface area contributed by atoms with Crippen LogP contribution in [0.1, 0.15) is 10.4 Å². The first-order valence-electron chi connectivity index (χ1n) is 5.17. The monoisotopic (exact) mass is 224 g/mol. The fourth-order valence-electron chi connectivity index (χ4n) is 1.37. The highest BCUT2D eigenvalue weighted by Gasteiger charge is 2.00. The molecule has 0 N–H and O–H groups in total. The average Bonchev–Trinajstić information content (AvgIpc) is 2.38. The molecule has 0 saturated carbocycles. The molecule has 0 bridgehead atoms. The van der Waals surface area contributed by atoms with Gasteiger partial charge in [0.2, 0.25) is 5.78 Å². The van der Waals surface area contributed by atoms with Gasteiger partial charge in [0.05, 0.1) is 11.9 Å². The highest BCUT2D eigenvalue weighted by Crippen LogP contribution is 2.21. The van der Waals surface area contributed by atoms with Gasteiger partial charge in [0.25, 0.3) is 0 Å². The molecule has 0 fully saturated rings. The smallest absolute Gasteiger partial charge is 0.204 e. The van der Waals surface area contributed by atoms with Crippen molar-refractivity contribution in [1.82, 2.24) is 0 Å². The molecule has 0 aliphatic heterocycles. The van der Waals surface area contributed by atoms with Crippen LogP contribution < -0.4 is 5.11 Å². The van der Waals surface area contributed by atoms with Crippen LogP contribution in [0.15, 0.2) is 59.6 Å². The van der Waals surface area contributed by atoms with Crippen LogP contribution >= 0.6 is 0 Å². The van der Waals surface area contributed by atoms with Crippen LogP contribution in [-0.4, -0.2) is 12.0 Å². The summed E-state index contributed by atoms with van der Waals surface area (Å²) in [5.74, 6) is -0.404. The minimum Gasteiger partial charge on any atom is -0.871 e. The molecule has 0 aromatic heterocycles. The van der Waals surface area contributed by atoms with E-state index in [1.807, 2.05) is 6.07 Å². The fraction of sp³-hybridized carbons (Fsp3) is 0. The Morgan fingerprint density at radius 3 is 2.35 bits per heavy atom. The number of nitrogens with zero attached hydrogens (tertiary/aromatic N) is 1. The molecular formula is C14H10NO2-. The Balaban J connectivity index is 2.17. The summed E-state index contributed by atoms with van der Waals surface area (Å²) in [5, 5.41) is 11.3. The number of Topliss-reactive ketones (excluding diaryl/α,β-unsaturated/α-hetero) is 1. The molecule has 2 aromatic rings. The maximum absolute atomic E-state index is 11.7. The van der Waals surface area contributed by atoms with Gasteiger partial charge in [-0.25, -0.2) is 0 Å². The van der Waals surface area contributed by atoms with Crippen LogP contribution in [0.2, 0.25) is 0 Å². The zero-order valence-corrected chi connectivity index (χ0v) is 9.04. The first kappa shape index (κ1) is 11.1. The maximum Gasteiger partial charge on any atom is 0.204 e. The van der Waals surface area contributed by atoms with Gasteiger partial charge in [0.1, 0.15) is 0 Å². The Labute approximate surface area is 99.1 Å². The molecule has 0 unspecified atom stereocenters. The lowest BCUT2D eigenvalue weighted by atomic mass is 10.1. The van der Waals surface area contributed by atoms with Crippen molar-refractivity contribution in [2.24, 2.45) is 4.99 Å². The molecule has 0 amide bonds. The second-order valence-electron chi connectivity index (χ2n) is 3.46. The zero-order chi connectivity index (χ0) is 12.1. The van der Waals surface area contributed by atoms with Crippen LogP contribution in [0.25, 0.3) is 0 Å². The quantitative estimate of drug-likeness (QED) is 0.593. The van der Waals surface area contributed by atoms with Crippen molar-refractivity contribution in [3.05, 3.63) is 60.2 Å². The standard InChI is InChI=1S/C14H11NO2/c16-13-9-5-4-8-12(13)15-10-14(17)11-6-2-1-3-7-11/h1-10,16H/p-1. The van der Waals surface area contributed by atoms with Crippen molar-refractivity contribution in [3.8, 4) is 5.75 Å². The Morgan fingerprint density at radius 2 is 1.65 bits per heavy atom. The van der Waals surface area contributed by atoms with Crippen molar-refractivity contribution < 1.29 is 9.90 Å². The zero-order valence-electron chi connectivity index (χ0n) is 9.04. The molecule has 3 nitrogen and oxygen atoms in total. The molecule has 0 aliphatic rings. The number of benzene rings is 2.